The molecule has 0 N–H and O–H groups in total. The van der Waals surface area contributed by atoms with Gasteiger partial charge in [0.2, 0.25) is 0 Å². The van der Waals surface area contributed by atoms with Gasteiger partial charge in [-0.3, -0.25) is 4.79 Å². The number of halogens is 2. The summed E-state index contributed by atoms with van der Waals surface area (Å²) in [5, 5.41) is 0.299. The Morgan fingerprint density at radius 3 is 2.58 bits per heavy atom. The molecule has 0 aliphatic carbocycles. The van der Waals surface area contributed by atoms with Crippen molar-refractivity contribution in [2.45, 2.75) is 25.8 Å². The second kappa shape index (κ2) is 6.80. The monoisotopic (exact) mass is 377 g/mol. The summed E-state index contributed by atoms with van der Waals surface area (Å²) in [5.41, 5.74) is 1.15. The first-order valence-electron chi connectivity index (χ1n) is 8.26. The van der Waals surface area contributed by atoms with Gasteiger partial charge in [0.25, 0.3) is 5.91 Å². The first-order chi connectivity index (χ1) is 12.3. The molecule has 1 aliphatic heterocycles. The van der Waals surface area contributed by atoms with Crippen molar-refractivity contribution in [3.8, 4) is 11.5 Å². The average molecular weight is 378 g/mol. The predicted molar refractivity (Wildman–Crippen MR) is 98.7 cm³/mol. The largest absolute Gasteiger partial charge is 0.497 e. The molecule has 0 unspecified atom stereocenters. The minimum atomic E-state index is -0.586. The Hall–Kier alpha value is -2.27. The van der Waals surface area contributed by atoms with Crippen LogP contribution in [0.3, 0.4) is 0 Å². The van der Waals surface area contributed by atoms with Crippen LogP contribution in [0.5, 0.6) is 11.5 Å². The van der Waals surface area contributed by atoms with E-state index in [9.17, 15) is 9.18 Å². The molecule has 0 spiro atoms. The smallest absolute Gasteiger partial charge is 0.257 e. The van der Waals surface area contributed by atoms with E-state index in [2.05, 4.69) is 0 Å². The van der Waals surface area contributed by atoms with Crippen LogP contribution in [0.15, 0.2) is 30.3 Å². The molecule has 138 valence electrons. The van der Waals surface area contributed by atoms with Crippen molar-refractivity contribution in [3.05, 3.63) is 57.9 Å². The van der Waals surface area contributed by atoms with Gasteiger partial charge in [-0.2, -0.15) is 0 Å². The number of rotatable bonds is 4. The third-order valence-electron chi connectivity index (χ3n) is 4.73. The number of amides is 1. The van der Waals surface area contributed by atoms with Crippen molar-refractivity contribution >= 4 is 17.5 Å². The van der Waals surface area contributed by atoms with Crippen LogP contribution >= 0.6 is 11.6 Å². The number of ether oxygens (including phenoxy) is 2. The third kappa shape index (κ3) is 3.23. The first-order valence-corrected chi connectivity index (χ1v) is 8.64. The van der Waals surface area contributed by atoms with Crippen LogP contribution in [0.1, 0.15) is 35.3 Å². The van der Waals surface area contributed by atoms with Crippen LogP contribution in [-0.2, 0) is 12.0 Å². The number of hydrogen-bond donors (Lipinski definition) is 0. The predicted octanol–water partition coefficient (Wildman–Crippen LogP) is 4.43. The van der Waals surface area contributed by atoms with E-state index in [4.69, 9.17) is 21.1 Å². The third-order valence-corrected chi connectivity index (χ3v) is 4.95. The molecular formula is C20H21ClFNO3. The highest BCUT2D eigenvalue weighted by molar-refractivity contribution is 6.30. The highest BCUT2D eigenvalue weighted by Crippen LogP contribution is 2.38. The van der Waals surface area contributed by atoms with Crippen molar-refractivity contribution in [3.63, 3.8) is 0 Å². The standard InChI is InChI=1S/C20H21ClFNO3/c1-20(2)11-23(10-12-5-6-14(25-3)9-17(12)26-4)19(24)18-15(20)7-13(21)8-16(18)22/h5-9H,10-11H2,1-4H3. The Bertz CT molecular complexity index is 866. The van der Waals surface area contributed by atoms with Crippen molar-refractivity contribution in [2.75, 3.05) is 20.8 Å². The molecule has 26 heavy (non-hydrogen) atoms. The summed E-state index contributed by atoms with van der Waals surface area (Å²) < 4.78 is 25.1. The van der Waals surface area contributed by atoms with E-state index in [0.29, 0.717) is 35.2 Å². The molecule has 0 saturated carbocycles. The quantitative estimate of drug-likeness (QED) is 0.791. The number of nitrogens with zero attached hydrogens (tertiary/aromatic N) is 1. The van der Waals surface area contributed by atoms with Gasteiger partial charge in [0.05, 0.1) is 19.8 Å². The minimum absolute atomic E-state index is 0.0955. The number of methoxy groups -OCH3 is 2. The maximum absolute atomic E-state index is 14.5. The zero-order valence-electron chi connectivity index (χ0n) is 15.2. The Kier molecular flexibility index (Phi) is 4.84. The summed E-state index contributed by atoms with van der Waals surface area (Å²) in [6.07, 6.45) is 0. The van der Waals surface area contributed by atoms with Gasteiger partial charge in [-0.05, 0) is 29.8 Å². The fourth-order valence-corrected chi connectivity index (χ4v) is 3.64. The van der Waals surface area contributed by atoms with Crippen LogP contribution in [0.25, 0.3) is 0 Å². The van der Waals surface area contributed by atoms with E-state index >= 15 is 0 Å². The average Bonchev–Trinajstić information content (AvgIpc) is 2.59. The highest BCUT2D eigenvalue weighted by atomic mass is 35.5. The summed E-state index contributed by atoms with van der Waals surface area (Å²) in [4.78, 5) is 14.6. The lowest BCUT2D eigenvalue weighted by atomic mass is 9.77. The first kappa shape index (κ1) is 18.5. The molecule has 1 amide bonds. The van der Waals surface area contributed by atoms with E-state index in [-0.39, 0.29) is 11.5 Å². The fraction of sp³-hybridized carbons (Fsp3) is 0.350. The van der Waals surface area contributed by atoms with E-state index in [1.165, 1.54) is 6.07 Å². The van der Waals surface area contributed by atoms with Crippen LogP contribution in [0.4, 0.5) is 4.39 Å². The molecule has 2 aromatic rings. The lowest BCUT2D eigenvalue weighted by Gasteiger charge is -2.40. The Morgan fingerprint density at radius 1 is 1.19 bits per heavy atom. The molecule has 0 radical (unpaired) electrons. The Balaban J connectivity index is 1.99. The van der Waals surface area contributed by atoms with Gasteiger partial charge in [-0.15, -0.1) is 0 Å². The van der Waals surface area contributed by atoms with Gasteiger partial charge in [-0.25, -0.2) is 4.39 Å². The molecule has 2 aromatic carbocycles. The topological polar surface area (TPSA) is 38.8 Å². The molecule has 3 rings (SSSR count). The minimum Gasteiger partial charge on any atom is -0.497 e. The molecular weight excluding hydrogens is 357 g/mol. The fourth-order valence-electron chi connectivity index (χ4n) is 3.43. The normalized spacial score (nSPS) is 15.6. The van der Waals surface area contributed by atoms with Crippen LogP contribution < -0.4 is 9.47 Å². The molecule has 1 aliphatic rings. The van der Waals surface area contributed by atoms with E-state index in [0.717, 1.165) is 5.56 Å². The van der Waals surface area contributed by atoms with Gasteiger partial charge < -0.3 is 14.4 Å². The molecule has 0 fully saturated rings. The zero-order chi connectivity index (χ0) is 19.1. The number of benzene rings is 2. The zero-order valence-corrected chi connectivity index (χ0v) is 16.0. The molecule has 6 heteroatoms. The number of fused-ring (bicyclic) bond motifs is 1. The van der Waals surface area contributed by atoms with Gasteiger partial charge in [-0.1, -0.05) is 25.4 Å². The Morgan fingerprint density at radius 2 is 1.92 bits per heavy atom. The summed E-state index contributed by atoms with van der Waals surface area (Å²) in [5.74, 6) is 0.364. The molecule has 0 bridgehead atoms. The molecule has 1 heterocycles. The van der Waals surface area contributed by atoms with Crippen LogP contribution in [0.2, 0.25) is 5.02 Å². The second-order valence-corrected chi connectivity index (χ2v) is 7.47. The number of hydrogen-bond acceptors (Lipinski definition) is 3. The highest BCUT2D eigenvalue weighted by Gasteiger charge is 2.39. The molecule has 0 saturated heterocycles. The van der Waals surface area contributed by atoms with Crippen molar-refractivity contribution in [1.82, 2.24) is 4.90 Å². The molecule has 0 aromatic heterocycles. The number of carbonyl (C=O) groups excluding carboxylic acids is 1. The lowest BCUT2D eigenvalue weighted by molar-refractivity contribution is 0.0665. The van der Waals surface area contributed by atoms with Crippen molar-refractivity contribution in [2.24, 2.45) is 0 Å². The van der Waals surface area contributed by atoms with Crippen LogP contribution in [0, 0.1) is 5.82 Å². The van der Waals surface area contributed by atoms with Crippen LogP contribution in [-0.4, -0.2) is 31.6 Å². The summed E-state index contributed by atoms with van der Waals surface area (Å²) in [6, 6.07) is 8.30. The van der Waals surface area contributed by atoms with Gasteiger partial charge in [0, 0.05) is 35.2 Å². The maximum Gasteiger partial charge on any atom is 0.257 e. The van der Waals surface area contributed by atoms with Gasteiger partial charge >= 0.3 is 0 Å². The maximum atomic E-state index is 14.5. The molecule has 0 atom stereocenters. The van der Waals surface area contributed by atoms with E-state index in [1.807, 2.05) is 26.0 Å². The summed E-state index contributed by atoms with van der Waals surface area (Å²) in [6.45, 7) is 4.73. The SMILES string of the molecule is COc1ccc(CN2CC(C)(C)c3cc(Cl)cc(F)c3C2=O)c(OC)c1. The van der Waals surface area contributed by atoms with E-state index in [1.54, 1.807) is 31.3 Å². The van der Waals surface area contributed by atoms with Crippen molar-refractivity contribution in [1.29, 1.82) is 0 Å². The van der Waals surface area contributed by atoms with Gasteiger partial charge in [0.15, 0.2) is 0 Å². The lowest BCUT2D eigenvalue weighted by Crippen LogP contribution is -2.46. The number of carbonyl (C=O) groups is 1. The summed E-state index contributed by atoms with van der Waals surface area (Å²) in [7, 11) is 3.15. The molecule has 4 nitrogen and oxygen atoms in total. The van der Waals surface area contributed by atoms with E-state index < -0.39 is 11.2 Å². The van der Waals surface area contributed by atoms with Gasteiger partial charge in [0.1, 0.15) is 17.3 Å². The second-order valence-electron chi connectivity index (χ2n) is 7.03. The van der Waals surface area contributed by atoms with Crippen molar-refractivity contribution < 1.29 is 18.7 Å². The Labute approximate surface area is 157 Å². The summed E-state index contributed by atoms with van der Waals surface area (Å²) >= 11 is 6.00.